The number of rotatable bonds is 6. The van der Waals surface area contributed by atoms with Gasteiger partial charge in [-0.05, 0) is 66.4 Å². The van der Waals surface area contributed by atoms with E-state index in [9.17, 15) is 19.1 Å². The summed E-state index contributed by atoms with van der Waals surface area (Å²) in [6, 6.07) is 13.1. The van der Waals surface area contributed by atoms with Gasteiger partial charge in [0, 0.05) is 24.1 Å². The minimum Gasteiger partial charge on any atom is -0.497 e. The number of fused-ring (bicyclic) bond motifs is 2. The molecule has 0 aliphatic heterocycles. The van der Waals surface area contributed by atoms with E-state index in [4.69, 9.17) is 4.74 Å². The van der Waals surface area contributed by atoms with Crippen LogP contribution in [0.5, 0.6) is 5.75 Å². The molecule has 4 aromatic rings. The Kier molecular flexibility index (Phi) is 5.82. The summed E-state index contributed by atoms with van der Waals surface area (Å²) in [4.78, 5) is 30.2. The molecule has 0 fully saturated rings. The Morgan fingerprint density at radius 1 is 1.20 bits per heavy atom. The maximum atomic E-state index is 14.6. The Morgan fingerprint density at radius 2 is 2.03 bits per heavy atom. The Balaban J connectivity index is 1.37. The van der Waals surface area contributed by atoms with Gasteiger partial charge in [0.25, 0.3) is 5.91 Å². The number of amides is 1. The van der Waals surface area contributed by atoms with Gasteiger partial charge < -0.3 is 15.2 Å². The predicted molar refractivity (Wildman–Crippen MR) is 129 cm³/mol. The number of methoxy groups -OCH3 is 1. The number of ether oxygens (including phenoxy) is 1. The number of nitrogens with one attached hydrogen (secondary N) is 1. The van der Waals surface area contributed by atoms with Crippen molar-refractivity contribution in [1.82, 2.24) is 9.38 Å². The van der Waals surface area contributed by atoms with E-state index < -0.39 is 23.7 Å². The van der Waals surface area contributed by atoms with E-state index in [-0.39, 0.29) is 29.1 Å². The number of aliphatic hydroxyl groups is 1. The number of imidazole rings is 1. The normalized spacial score (nSPS) is 16.8. The average molecular weight is 474 g/mol. The molecule has 1 amide bonds. The van der Waals surface area contributed by atoms with Crippen molar-refractivity contribution in [2.45, 2.75) is 31.8 Å². The monoisotopic (exact) mass is 473 g/mol. The number of hydrogen-bond acceptors (Lipinski definition) is 5. The van der Waals surface area contributed by atoms with Crippen molar-refractivity contribution in [3.8, 4) is 5.75 Å². The highest BCUT2D eigenvalue weighted by Gasteiger charge is 2.33. The van der Waals surface area contributed by atoms with Crippen LogP contribution in [0.3, 0.4) is 0 Å². The van der Waals surface area contributed by atoms with E-state index in [1.807, 2.05) is 31.2 Å². The number of carbonyl (C=O) groups excluding carboxylic acids is 2. The first-order valence-corrected chi connectivity index (χ1v) is 11.3. The number of aromatic nitrogens is 2. The lowest BCUT2D eigenvalue weighted by Gasteiger charge is -2.16. The molecule has 0 saturated heterocycles. The maximum absolute atomic E-state index is 14.6. The zero-order valence-corrected chi connectivity index (χ0v) is 19.3. The molecule has 0 saturated carbocycles. The second-order valence-electron chi connectivity index (χ2n) is 8.80. The molecule has 35 heavy (non-hydrogen) atoms. The molecule has 1 aliphatic rings. The van der Waals surface area contributed by atoms with Crippen molar-refractivity contribution in [2.75, 3.05) is 12.4 Å². The molecule has 2 aromatic carbocycles. The Labute approximate surface area is 201 Å². The summed E-state index contributed by atoms with van der Waals surface area (Å²) < 4.78 is 21.5. The number of benzene rings is 2. The first-order valence-electron chi connectivity index (χ1n) is 11.3. The molecule has 178 valence electrons. The van der Waals surface area contributed by atoms with Crippen LogP contribution in [-0.4, -0.2) is 39.4 Å². The molecule has 2 atom stereocenters. The number of carbonyl (C=O) groups is 2. The largest absolute Gasteiger partial charge is 0.497 e. The summed E-state index contributed by atoms with van der Waals surface area (Å²) in [5, 5.41) is 13.1. The van der Waals surface area contributed by atoms with Crippen molar-refractivity contribution < 1.29 is 23.8 Å². The summed E-state index contributed by atoms with van der Waals surface area (Å²) in [5.41, 5.74) is 3.79. The molecule has 5 rings (SSSR count). The van der Waals surface area contributed by atoms with Gasteiger partial charge >= 0.3 is 0 Å². The fourth-order valence-corrected chi connectivity index (χ4v) is 4.61. The van der Waals surface area contributed by atoms with Gasteiger partial charge in [0.05, 0.1) is 25.1 Å². The van der Waals surface area contributed by atoms with E-state index in [1.165, 1.54) is 18.3 Å². The Bertz CT molecular complexity index is 1460. The van der Waals surface area contributed by atoms with Crippen molar-refractivity contribution >= 4 is 23.0 Å². The van der Waals surface area contributed by atoms with Crippen molar-refractivity contribution in [1.29, 1.82) is 0 Å². The SMILES string of the molecule is COc1ccc2c(c1)[C@H](CC(=O)c1ccc(F)c(NC(=O)c3cnc4ccc(C)cn34)c1)[C@H](O)C2. The van der Waals surface area contributed by atoms with Crippen LogP contribution < -0.4 is 10.1 Å². The molecule has 2 aromatic heterocycles. The van der Waals surface area contributed by atoms with Gasteiger partial charge in [-0.25, -0.2) is 9.37 Å². The summed E-state index contributed by atoms with van der Waals surface area (Å²) in [6.07, 6.45) is 3.00. The van der Waals surface area contributed by atoms with Gasteiger partial charge in [0.1, 0.15) is 22.9 Å². The highest BCUT2D eigenvalue weighted by atomic mass is 19.1. The van der Waals surface area contributed by atoms with Gasteiger partial charge in [-0.1, -0.05) is 12.1 Å². The maximum Gasteiger partial charge on any atom is 0.274 e. The summed E-state index contributed by atoms with van der Waals surface area (Å²) in [6.45, 7) is 1.89. The highest BCUT2D eigenvalue weighted by molar-refractivity contribution is 6.05. The second-order valence-corrected chi connectivity index (χ2v) is 8.80. The quantitative estimate of drug-likeness (QED) is 0.407. The minimum atomic E-state index is -0.695. The summed E-state index contributed by atoms with van der Waals surface area (Å²) in [7, 11) is 1.57. The zero-order chi connectivity index (χ0) is 24.7. The average Bonchev–Trinajstić information content (AvgIpc) is 3.40. The van der Waals surface area contributed by atoms with Gasteiger partial charge in [0.2, 0.25) is 0 Å². The fourth-order valence-electron chi connectivity index (χ4n) is 4.61. The molecule has 0 radical (unpaired) electrons. The molecule has 2 N–H and O–H groups in total. The predicted octanol–water partition coefficient (Wildman–Crippen LogP) is 4.32. The van der Waals surface area contributed by atoms with Gasteiger partial charge in [0.15, 0.2) is 5.78 Å². The number of halogens is 1. The van der Waals surface area contributed by atoms with Crippen molar-refractivity contribution in [2.24, 2.45) is 0 Å². The second kappa shape index (κ2) is 8.96. The zero-order valence-electron chi connectivity index (χ0n) is 19.3. The molecular weight excluding hydrogens is 449 g/mol. The van der Waals surface area contributed by atoms with Gasteiger partial charge in [-0.2, -0.15) is 0 Å². The molecule has 7 nitrogen and oxygen atoms in total. The number of pyridine rings is 1. The van der Waals surface area contributed by atoms with Crippen LogP contribution in [0.2, 0.25) is 0 Å². The number of nitrogens with zero attached hydrogens (tertiary/aromatic N) is 2. The molecule has 0 bridgehead atoms. The lowest BCUT2D eigenvalue weighted by molar-refractivity contribution is 0.0920. The van der Waals surface area contributed by atoms with Crippen LogP contribution in [0.1, 0.15) is 49.9 Å². The lowest BCUT2D eigenvalue weighted by atomic mass is 9.91. The lowest BCUT2D eigenvalue weighted by Crippen LogP contribution is -2.18. The molecule has 0 unspecified atom stereocenters. The van der Waals surface area contributed by atoms with Gasteiger partial charge in [-0.3, -0.25) is 14.0 Å². The fraction of sp³-hybridized carbons (Fsp3) is 0.222. The third-order valence-corrected chi connectivity index (χ3v) is 6.47. The van der Waals surface area contributed by atoms with Crippen molar-refractivity contribution in [3.63, 3.8) is 0 Å². The number of anilines is 1. The Hall–Kier alpha value is -4.04. The Morgan fingerprint density at radius 3 is 2.83 bits per heavy atom. The number of ketones is 1. The highest BCUT2D eigenvalue weighted by Crippen LogP contribution is 2.38. The molecule has 1 aliphatic carbocycles. The molecule has 8 heteroatoms. The first kappa shape index (κ1) is 22.7. The number of aliphatic hydroxyl groups excluding tert-OH is 1. The van der Waals surface area contributed by atoms with Crippen LogP contribution in [0.4, 0.5) is 10.1 Å². The van der Waals surface area contributed by atoms with Crippen LogP contribution in [-0.2, 0) is 6.42 Å². The standard InChI is InChI=1S/C27H24FN3O4/c1-15-3-8-26-29-13-23(31(26)14-15)27(34)30-22-9-17(5-7-21(22)28)24(32)12-20-19-11-18(35-2)6-4-16(19)10-25(20)33/h3-9,11,13-14,20,25,33H,10,12H2,1-2H3,(H,30,34)/t20-,25+/m0/s1. The third kappa shape index (κ3) is 4.28. The van der Waals surface area contributed by atoms with Gasteiger partial charge in [-0.15, -0.1) is 0 Å². The van der Waals surface area contributed by atoms with E-state index in [2.05, 4.69) is 10.3 Å². The van der Waals surface area contributed by atoms with Crippen LogP contribution in [0.25, 0.3) is 5.65 Å². The summed E-state index contributed by atoms with van der Waals surface area (Å²) >= 11 is 0. The van der Waals surface area contributed by atoms with E-state index >= 15 is 0 Å². The topological polar surface area (TPSA) is 92.9 Å². The van der Waals surface area contributed by atoms with Crippen LogP contribution >= 0.6 is 0 Å². The smallest absolute Gasteiger partial charge is 0.274 e. The third-order valence-electron chi connectivity index (χ3n) is 6.47. The molecule has 0 spiro atoms. The van der Waals surface area contributed by atoms with E-state index in [1.54, 1.807) is 23.8 Å². The van der Waals surface area contributed by atoms with Crippen LogP contribution in [0.15, 0.2) is 60.9 Å². The van der Waals surface area contributed by atoms with E-state index in [0.717, 1.165) is 22.8 Å². The number of hydrogen-bond donors (Lipinski definition) is 2. The number of aryl methyl sites for hydroxylation is 1. The number of Topliss-reactive ketones (excluding diaryl/α,β-unsaturated/α-hetero) is 1. The van der Waals surface area contributed by atoms with Crippen molar-refractivity contribution in [3.05, 3.63) is 94.7 Å². The summed E-state index contributed by atoms with van der Waals surface area (Å²) in [5.74, 6) is -1.19. The molecule has 2 heterocycles. The first-order chi connectivity index (χ1) is 16.8. The molecular formula is C27H24FN3O4. The van der Waals surface area contributed by atoms with E-state index in [0.29, 0.717) is 17.8 Å². The van der Waals surface area contributed by atoms with Crippen LogP contribution in [0, 0.1) is 12.7 Å². The minimum absolute atomic E-state index is 0.0485.